The molecule has 11 heteroatoms. The second kappa shape index (κ2) is 9.58. The lowest BCUT2D eigenvalue weighted by atomic mass is 9.89. The number of benzene rings is 2. The highest BCUT2D eigenvalue weighted by Crippen LogP contribution is 2.39. The van der Waals surface area contributed by atoms with Gasteiger partial charge in [0.1, 0.15) is 34.4 Å². The van der Waals surface area contributed by atoms with E-state index in [4.69, 9.17) is 27.9 Å². The summed E-state index contributed by atoms with van der Waals surface area (Å²) in [5.41, 5.74) is 0.901. The molecule has 1 aliphatic heterocycles. The number of nitrogens with one attached hydrogen (secondary N) is 2. The van der Waals surface area contributed by atoms with Crippen molar-refractivity contribution in [3.63, 3.8) is 0 Å². The Morgan fingerprint density at radius 2 is 1.88 bits per heavy atom. The van der Waals surface area contributed by atoms with Crippen molar-refractivity contribution in [2.45, 2.75) is 23.7 Å². The van der Waals surface area contributed by atoms with Crippen LogP contribution in [0.25, 0.3) is 0 Å². The van der Waals surface area contributed by atoms with Crippen molar-refractivity contribution in [3.05, 3.63) is 70.3 Å². The molecule has 0 spiro atoms. The molecule has 0 amide bonds. The molecule has 1 saturated heterocycles. The summed E-state index contributed by atoms with van der Waals surface area (Å²) in [6, 6.07) is 8.53. The molecule has 0 aliphatic carbocycles. The Bertz CT molecular complexity index is 1220. The van der Waals surface area contributed by atoms with Crippen LogP contribution < -0.4 is 14.8 Å². The standard InChI is InChI=1S/C21H19Cl2FN4O3S/c22-14-1-2-18(15(9-14)13-3-6-25-7-4-13)31-19-11-17(24)20(10-16(19)23)32(29,30)28-21-5-8-26-12-27-21/h1-2,5,8-13,25H,3-4,6-7H2,(H,26,27,28). The topological polar surface area (TPSA) is 93.2 Å². The highest BCUT2D eigenvalue weighted by atomic mass is 35.5. The summed E-state index contributed by atoms with van der Waals surface area (Å²) in [7, 11) is -4.27. The summed E-state index contributed by atoms with van der Waals surface area (Å²) in [5.74, 6) is -0.280. The van der Waals surface area contributed by atoms with Gasteiger partial charge < -0.3 is 10.1 Å². The second-order valence-electron chi connectivity index (χ2n) is 7.22. The van der Waals surface area contributed by atoms with E-state index >= 15 is 0 Å². The van der Waals surface area contributed by atoms with Crippen LogP contribution in [0.3, 0.4) is 0 Å². The van der Waals surface area contributed by atoms with E-state index in [9.17, 15) is 12.8 Å². The van der Waals surface area contributed by atoms with Gasteiger partial charge in [-0.05, 0) is 67.7 Å². The molecule has 1 aromatic heterocycles. The first-order valence-electron chi connectivity index (χ1n) is 9.79. The summed E-state index contributed by atoms with van der Waals surface area (Å²) >= 11 is 12.5. The molecule has 0 radical (unpaired) electrons. The van der Waals surface area contributed by atoms with E-state index in [1.54, 1.807) is 12.1 Å². The lowest BCUT2D eigenvalue weighted by Crippen LogP contribution is -2.26. The Hall–Kier alpha value is -2.46. The Morgan fingerprint density at radius 1 is 1.09 bits per heavy atom. The number of rotatable bonds is 6. The molecule has 168 valence electrons. The van der Waals surface area contributed by atoms with Crippen molar-refractivity contribution < 1.29 is 17.5 Å². The van der Waals surface area contributed by atoms with Crippen molar-refractivity contribution in [3.8, 4) is 11.5 Å². The number of hydrogen-bond acceptors (Lipinski definition) is 6. The summed E-state index contributed by atoms with van der Waals surface area (Å²) in [6.45, 7) is 1.75. The highest BCUT2D eigenvalue weighted by Gasteiger charge is 2.24. The first kappa shape index (κ1) is 22.7. The summed E-state index contributed by atoms with van der Waals surface area (Å²) in [4.78, 5) is 6.87. The van der Waals surface area contributed by atoms with Gasteiger partial charge in [0.2, 0.25) is 0 Å². The molecule has 2 N–H and O–H groups in total. The third-order valence-corrected chi connectivity index (χ3v) is 6.97. The van der Waals surface area contributed by atoms with Gasteiger partial charge in [-0.2, -0.15) is 0 Å². The average Bonchev–Trinajstić information content (AvgIpc) is 2.78. The van der Waals surface area contributed by atoms with Crippen LogP contribution in [0.15, 0.2) is 53.8 Å². The van der Waals surface area contributed by atoms with E-state index in [1.165, 1.54) is 18.6 Å². The normalized spacial score (nSPS) is 14.8. The summed E-state index contributed by atoms with van der Waals surface area (Å²) in [6.07, 6.45) is 4.34. The molecule has 0 saturated carbocycles. The fourth-order valence-corrected chi connectivity index (χ4v) is 5.06. The zero-order valence-corrected chi connectivity index (χ0v) is 19.0. The molecule has 3 aromatic rings. The van der Waals surface area contributed by atoms with Crippen molar-refractivity contribution >= 4 is 39.0 Å². The van der Waals surface area contributed by atoms with Gasteiger partial charge in [-0.25, -0.2) is 22.8 Å². The fourth-order valence-electron chi connectivity index (χ4n) is 3.52. The van der Waals surface area contributed by atoms with Crippen molar-refractivity contribution in [2.75, 3.05) is 17.8 Å². The van der Waals surface area contributed by atoms with E-state index in [1.807, 2.05) is 6.07 Å². The molecule has 4 rings (SSSR count). The molecule has 0 bridgehead atoms. The van der Waals surface area contributed by atoms with Crippen LogP contribution in [-0.2, 0) is 10.0 Å². The maximum absolute atomic E-state index is 14.8. The number of aromatic nitrogens is 2. The van der Waals surface area contributed by atoms with Gasteiger partial charge in [0.15, 0.2) is 0 Å². The van der Waals surface area contributed by atoms with Gasteiger partial charge in [-0.15, -0.1) is 0 Å². The Morgan fingerprint density at radius 3 is 2.59 bits per heavy atom. The summed E-state index contributed by atoms with van der Waals surface area (Å²) in [5, 5.41) is 3.82. The largest absolute Gasteiger partial charge is 0.455 e. The van der Waals surface area contributed by atoms with Gasteiger partial charge >= 0.3 is 0 Å². The molecular weight excluding hydrogens is 478 g/mol. The van der Waals surface area contributed by atoms with Crippen LogP contribution in [-0.4, -0.2) is 31.5 Å². The van der Waals surface area contributed by atoms with Crippen molar-refractivity contribution in [1.29, 1.82) is 0 Å². The van der Waals surface area contributed by atoms with Crippen LogP contribution in [0.5, 0.6) is 11.5 Å². The minimum absolute atomic E-state index is 0.00246. The first-order chi connectivity index (χ1) is 15.3. The molecule has 1 aliphatic rings. The van der Waals surface area contributed by atoms with Crippen LogP contribution in [0.2, 0.25) is 10.0 Å². The van der Waals surface area contributed by atoms with E-state index in [0.717, 1.165) is 43.6 Å². The number of hydrogen-bond donors (Lipinski definition) is 2. The lowest BCUT2D eigenvalue weighted by molar-refractivity contribution is 0.428. The zero-order valence-electron chi connectivity index (χ0n) is 16.7. The Balaban J connectivity index is 1.63. The maximum Gasteiger partial charge on any atom is 0.266 e. The lowest BCUT2D eigenvalue weighted by Gasteiger charge is -2.25. The van der Waals surface area contributed by atoms with E-state index < -0.39 is 20.7 Å². The smallest absolute Gasteiger partial charge is 0.266 e. The van der Waals surface area contributed by atoms with Crippen molar-refractivity contribution in [1.82, 2.24) is 15.3 Å². The summed E-state index contributed by atoms with van der Waals surface area (Å²) < 4.78 is 48.2. The molecule has 0 unspecified atom stereocenters. The van der Waals surface area contributed by atoms with Crippen molar-refractivity contribution in [2.24, 2.45) is 0 Å². The molecule has 32 heavy (non-hydrogen) atoms. The van der Waals surface area contributed by atoms with Gasteiger partial charge in [0.05, 0.1) is 5.02 Å². The predicted molar refractivity (Wildman–Crippen MR) is 121 cm³/mol. The third-order valence-electron chi connectivity index (χ3n) is 5.07. The fraction of sp³-hybridized carbons (Fsp3) is 0.238. The number of halogens is 3. The number of nitrogens with zero attached hydrogens (tertiary/aromatic N) is 2. The SMILES string of the molecule is O=S(=O)(Nc1ccncn1)c1cc(Cl)c(Oc2ccc(Cl)cc2C2CCNCC2)cc1F. The number of piperidine rings is 1. The minimum Gasteiger partial charge on any atom is -0.455 e. The maximum atomic E-state index is 14.8. The second-order valence-corrected chi connectivity index (χ2v) is 9.72. The molecular formula is C21H19Cl2FN4O3S. The zero-order chi connectivity index (χ0) is 22.7. The Kier molecular flexibility index (Phi) is 6.80. The molecule has 0 atom stereocenters. The predicted octanol–water partition coefficient (Wildman–Crippen LogP) is 4.98. The molecule has 7 nitrogen and oxygen atoms in total. The van der Waals surface area contributed by atoms with Gasteiger partial charge in [0, 0.05) is 17.3 Å². The first-order valence-corrected chi connectivity index (χ1v) is 12.0. The molecule has 1 fully saturated rings. The Labute approximate surface area is 195 Å². The van der Waals surface area contributed by atoms with E-state index in [0.29, 0.717) is 10.8 Å². The number of sulfonamides is 1. The van der Waals surface area contributed by atoms with Crippen LogP contribution in [0.4, 0.5) is 10.2 Å². The van der Waals surface area contributed by atoms with Crippen LogP contribution in [0.1, 0.15) is 24.3 Å². The number of anilines is 1. The number of ether oxygens (including phenoxy) is 1. The van der Waals surface area contributed by atoms with Gasteiger partial charge in [0.25, 0.3) is 10.0 Å². The minimum atomic E-state index is -4.27. The van der Waals surface area contributed by atoms with Gasteiger partial charge in [-0.3, -0.25) is 4.72 Å². The quantitative estimate of drug-likeness (QED) is 0.499. The van der Waals surface area contributed by atoms with Crippen LogP contribution in [0, 0.1) is 5.82 Å². The average molecular weight is 497 g/mol. The van der Waals surface area contributed by atoms with E-state index in [-0.39, 0.29) is 22.5 Å². The monoisotopic (exact) mass is 496 g/mol. The highest BCUT2D eigenvalue weighted by molar-refractivity contribution is 7.92. The van der Waals surface area contributed by atoms with Crippen LogP contribution >= 0.6 is 23.2 Å². The molecule has 2 heterocycles. The van der Waals surface area contributed by atoms with Gasteiger partial charge in [-0.1, -0.05) is 23.2 Å². The molecule has 2 aromatic carbocycles. The van der Waals surface area contributed by atoms with E-state index in [2.05, 4.69) is 20.0 Å². The third kappa shape index (κ3) is 5.12.